The highest BCUT2D eigenvalue weighted by molar-refractivity contribution is 6.31. The maximum Gasteiger partial charge on any atom is 0.401 e. The minimum atomic E-state index is -4.16. The van der Waals surface area contributed by atoms with Crippen molar-refractivity contribution in [1.29, 1.82) is 0 Å². The molecule has 9 heteroatoms. The molecule has 1 atom stereocenters. The summed E-state index contributed by atoms with van der Waals surface area (Å²) in [4.78, 5) is 19.7. The fraction of sp³-hybridized carbons (Fsp3) is 0.379. The number of carboxylic acid groups (broad SMARTS) is 1. The normalized spacial score (nSPS) is 19.2. The van der Waals surface area contributed by atoms with Crippen molar-refractivity contribution in [2.75, 3.05) is 37.6 Å². The molecule has 0 aliphatic carbocycles. The van der Waals surface area contributed by atoms with Crippen LogP contribution in [-0.2, 0) is 4.79 Å². The highest BCUT2D eigenvalue weighted by Crippen LogP contribution is 2.36. The Morgan fingerprint density at radius 2 is 1.71 bits per heavy atom. The lowest BCUT2D eigenvalue weighted by molar-refractivity contribution is -0.148. The number of carbonyl (C=O) groups is 1. The Bertz CT molecular complexity index is 1290. The van der Waals surface area contributed by atoms with Gasteiger partial charge in [-0.15, -0.1) is 0 Å². The summed E-state index contributed by atoms with van der Waals surface area (Å²) in [6.45, 7) is 1.13. The standard InChI is InChI=1S/C29H29ClF3N3O2/c30-23-8-9-24(21-6-4-19(5-7-21)20-10-13-35(14-11-20)18-29(31,32)33)25(16-23)26-2-1-3-27(34-26)36-15-12-22(17-36)28(37)38/h1-9,16,20,22H,10-15,17-18H2,(H,37,38)/t22-/m1/s1. The van der Waals surface area contributed by atoms with Crippen LogP contribution in [0.3, 0.4) is 0 Å². The molecule has 2 aromatic carbocycles. The Balaban J connectivity index is 1.35. The summed E-state index contributed by atoms with van der Waals surface area (Å²) < 4.78 is 38.1. The van der Waals surface area contributed by atoms with Crippen LogP contribution in [0.1, 0.15) is 30.7 Å². The van der Waals surface area contributed by atoms with Gasteiger partial charge in [-0.2, -0.15) is 13.2 Å². The van der Waals surface area contributed by atoms with E-state index in [-0.39, 0.29) is 5.92 Å². The smallest absolute Gasteiger partial charge is 0.401 e. The molecule has 1 aromatic heterocycles. The van der Waals surface area contributed by atoms with Gasteiger partial charge in [0.05, 0.1) is 18.2 Å². The zero-order valence-corrected chi connectivity index (χ0v) is 21.5. The number of anilines is 1. The topological polar surface area (TPSA) is 56.7 Å². The number of piperidine rings is 1. The molecule has 0 radical (unpaired) electrons. The first-order valence-electron chi connectivity index (χ1n) is 12.8. The van der Waals surface area contributed by atoms with Crippen LogP contribution in [0, 0.1) is 5.92 Å². The van der Waals surface area contributed by atoms with Crippen LogP contribution in [0.5, 0.6) is 0 Å². The maximum absolute atomic E-state index is 12.7. The predicted octanol–water partition coefficient (Wildman–Crippen LogP) is 6.72. The quantitative estimate of drug-likeness (QED) is 0.374. The van der Waals surface area contributed by atoms with E-state index in [2.05, 4.69) is 12.1 Å². The van der Waals surface area contributed by atoms with Crippen molar-refractivity contribution < 1.29 is 23.1 Å². The summed E-state index contributed by atoms with van der Waals surface area (Å²) in [6.07, 6.45) is -2.15. The first-order chi connectivity index (χ1) is 18.2. The van der Waals surface area contributed by atoms with Gasteiger partial charge in [0.15, 0.2) is 0 Å². The Morgan fingerprint density at radius 1 is 0.974 bits per heavy atom. The van der Waals surface area contributed by atoms with Gasteiger partial charge in [-0.05, 0) is 79.2 Å². The number of aliphatic carboxylic acids is 1. The molecule has 3 aromatic rings. The van der Waals surface area contributed by atoms with Crippen LogP contribution in [0.2, 0.25) is 5.02 Å². The lowest BCUT2D eigenvalue weighted by Crippen LogP contribution is -2.39. The number of benzene rings is 2. The van der Waals surface area contributed by atoms with E-state index in [1.165, 1.54) is 4.90 Å². The summed E-state index contributed by atoms with van der Waals surface area (Å²) in [5.74, 6) is -0.190. The molecule has 200 valence electrons. The van der Waals surface area contributed by atoms with E-state index in [1.54, 1.807) is 0 Å². The van der Waals surface area contributed by atoms with Crippen molar-refractivity contribution in [3.63, 3.8) is 0 Å². The Kier molecular flexibility index (Phi) is 7.63. The average molecular weight is 544 g/mol. The van der Waals surface area contributed by atoms with Crippen LogP contribution in [-0.4, -0.2) is 59.9 Å². The highest BCUT2D eigenvalue weighted by atomic mass is 35.5. The van der Waals surface area contributed by atoms with Crippen molar-refractivity contribution in [2.24, 2.45) is 5.92 Å². The predicted molar refractivity (Wildman–Crippen MR) is 143 cm³/mol. The lowest BCUT2D eigenvalue weighted by Gasteiger charge is -2.32. The van der Waals surface area contributed by atoms with E-state index in [4.69, 9.17) is 16.6 Å². The molecule has 0 saturated carbocycles. The van der Waals surface area contributed by atoms with E-state index in [1.807, 2.05) is 53.4 Å². The molecule has 1 N–H and O–H groups in total. The number of alkyl halides is 3. The number of hydrogen-bond acceptors (Lipinski definition) is 4. The molecule has 0 unspecified atom stereocenters. The minimum Gasteiger partial charge on any atom is -0.481 e. The molecule has 2 fully saturated rings. The molecular formula is C29H29ClF3N3O2. The van der Waals surface area contributed by atoms with Gasteiger partial charge >= 0.3 is 12.1 Å². The first-order valence-corrected chi connectivity index (χ1v) is 13.2. The second kappa shape index (κ2) is 10.9. The molecule has 0 bridgehead atoms. The van der Waals surface area contributed by atoms with E-state index in [0.717, 1.165) is 33.8 Å². The van der Waals surface area contributed by atoms with Crippen LogP contribution < -0.4 is 4.90 Å². The molecule has 0 amide bonds. The lowest BCUT2D eigenvalue weighted by atomic mass is 9.88. The van der Waals surface area contributed by atoms with Crippen molar-refractivity contribution in [3.05, 3.63) is 71.2 Å². The van der Waals surface area contributed by atoms with Gasteiger partial charge in [0, 0.05) is 23.7 Å². The van der Waals surface area contributed by atoms with Gasteiger partial charge in [0.1, 0.15) is 5.82 Å². The Labute approximate surface area is 224 Å². The zero-order chi connectivity index (χ0) is 26.9. The number of pyridine rings is 1. The molecule has 0 spiro atoms. The molecule has 2 saturated heterocycles. The first kappa shape index (κ1) is 26.5. The second-order valence-electron chi connectivity index (χ2n) is 10.1. The molecular weight excluding hydrogens is 515 g/mol. The monoisotopic (exact) mass is 543 g/mol. The van der Waals surface area contributed by atoms with E-state index >= 15 is 0 Å². The second-order valence-corrected chi connectivity index (χ2v) is 10.6. The summed E-state index contributed by atoms with van der Waals surface area (Å²) in [7, 11) is 0. The number of nitrogens with zero attached hydrogens (tertiary/aromatic N) is 3. The van der Waals surface area contributed by atoms with Crippen molar-refractivity contribution in [3.8, 4) is 22.4 Å². The SMILES string of the molecule is O=C(O)[C@@H]1CCN(c2cccc(-c3cc(Cl)ccc3-c3ccc(C4CCN(CC(F)(F)F)CC4)cc3)n2)C1. The summed E-state index contributed by atoms with van der Waals surface area (Å²) in [6, 6.07) is 19.7. The third-order valence-electron chi connectivity index (χ3n) is 7.54. The van der Waals surface area contributed by atoms with Gasteiger partial charge in [0.25, 0.3) is 0 Å². The van der Waals surface area contributed by atoms with E-state index in [0.29, 0.717) is 50.5 Å². The summed E-state index contributed by atoms with van der Waals surface area (Å²) in [5.41, 5.74) is 4.73. The molecule has 2 aliphatic rings. The largest absolute Gasteiger partial charge is 0.481 e. The molecule has 5 rings (SSSR count). The fourth-order valence-corrected chi connectivity index (χ4v) is 5.68. The molecule has 2 aliphatic heterocycles. The van der Waals surface area contributed by atoms with Gasteiger partial charge in [-0.3, -0.25) is 9.69 Å². The van der Waals surface area contributed by atoms with E-state index < -0.39 is 24.6 Å². The van der Waals surface area contributed by atoms with Gasteiger partial charge < -0.3 is 10.0 Å². The Hall–Kier alpha value is -3.10. The van der Waals surface area contributed by atoms with Crippen molar-refractivity contribution in [1.82, 2.24) is 9.88 Å². The zero-order valence-electron chi connectivity index (χ0n) is 20.8. The third kappa shape index (κ3) is 6.13. The average Bonchev–Trinajstić information content (AvgIpc) is 3.40. The molecule has 38 heavy (non-hydrogen) atoms. The van der Waals surface area contributed by atoms with Gasteiger partial charge in [-0.1, -0.05) is 48.0 Å². The van der Waals surface area contributed by atoms with Crippen molar-refractivity contribution in [2.45, 2.75) is 31.4 Å². The van der Waals surface area contributed by atoms with Crippen LogP contribution >= 0.6 is 11.6 Å². The Morgan fingerprint density at radius 3 is 2.37 bits per heavy atom. The number of hydrogen-bond donors (Lipinski definition) is 1. The number of carboxylic acids is 1. The summed E-state index contributed by atoms with van der Waals surface area (Å²) in [5, 5.41) is 9.94. The minimum absolute atomic E-state index is 0.242. The number of aromatic nitrogens is 1. The molecule has 3 heterocycles. The highest BCUT2D eigenvalue weighted by Gasteiger charge is 2.33. The fourth-order valence-electron chi connectivity index (χ4n) is 5.51. The van der Waals surface area contributed by atoms with Gasteiger partial charge in [0.2, 0.25) is 0 Å². The molecule has 5 nitrogen and oxygen atoms in total. The van der Waals surface area contributed by atoms with Crippen LogP contribution in [0.4, 0.5) is 19.0 Å². The number of likely N-dealkylation sites (tertiary alicyclic amines) is 1. The van der Waals surface area contributed by atoms with Crippen LogP contribution in [0.25, 0.3) is 22.4 Å². The number of rotatable bonds is 6. The number of halogens is 4. The summed E-state index contributed by atoms with van der Waals surface area (Å²) >= 11 is 6.38. The maximum atomic E-state index is 12.7. The van der Waals surface area contributed by atoms with E-state index in [9.17, 15) is 23.1 Å². The van der Waals surface area contributed by atoms with Crippen LogP contribution in [0.15, 0.2) is 60.7 Å². The third-order valence-corrected chi connectivity index (χ3v) is 7.77. The van der Waals surface area contributed by atoms with Gasteiger partial charge in [-0.25, -0.2) is 4.98 Å². The van der Waals surface area contributed by atoms with Crippen molar-refractivity contribution >= 4 is 23.4 Å².